The Morgan fingerprint density at radius 3 is 2.49 bits per heavy atom. The SMILES string of the molecule is Nc1ncnn2c(-c3cc(F)c(Cl)c(C(=O)N[C@@H]4CN(C(=O)C5CC(F)(F)C5)C[C@@H]4F)c3)cc(C(F)(F)F)c12. The summed E-state index contributed by atoms with van der Waals surface area (Å²) >= 11 is 5.97. The van der Waals surface area contributed by atoms with Crippen LogP contribution in [0.15, 0.2) is 24.5 Å². The largest absolute Gasteiger partial charge is 0.418 e. The molecule has 208 valence electrons. The minimum Gasteiger partial charge on any atom is -0.382 e. The predicted molar refractivity (Wildman–Crippen MR) is 123 cm³/mol. The first kappa shape index (κ1) is 27.0. The number of hydrogen-bond acceptors (Lipinski definition) is 5. The molecule has 0 unspecified atom stereocenters. The number of aromatic nitrogens is 3. The highest BCUT2D eigenvalue weighted by Gasteiger charge is 2.51. The van der Waals surface area contributed by atoms with Crippen molar-refractivity contribution in [1.82, 2.24) is 24.8 Å². The van der Waals surface area contributed by atoms with E-state index in [9.17, 15) is 40.3 Å². The van der Waals surface area contributed by atoms with Gasteiger partial charge in [-0.2, -0.15) is 18.3 Å². The van der Waals surface area contributed by atoms with Crippen molar-refractivity contribution in [3.8, 4) is 11.3 Å². The van der Waals surface area contributed by atoms with Crippen LogP contribution in [0.25, 0.3) is 16.8 Å². The third-order valence-corrected chi connectivity index (χ3v) is 7.16. The third kappa shape index (κ3) is 4.83. The number of hydrogen-bond donors (Lipinski definition) is 2. The van der Waals surface area contributed by atoms with Crippen LogP contribution in [0.3, 0.4) is 0 Å². The highest BCUT2D eigenvalue weighted by molar-refractivity contribution is 6.34. The normalized spacial score (nSPS) is 21.3. The van der Waals surface area contributed by atoms with Crippen molar-refractivity contribution < 1.29 is 40.3 Å². The summed E-state index contributed by atoms with van der Waals surface area (Å²) in [5, 5.41) is 5.39. The summed E-state index contributed by atoms with van der Waals surface area (Å²) < 4.78 is 97.5. The molecule has 5 rings (SSSR count). The second-order valence-corrected chi connectivity index (χ2v) is 9.84. The highest BCUT2D eigenvalue weighted by Crippen LogP contribution is 2.44. The van der Waals surface area contributed by atoms with Gasteiger partial charge < -0.3 is 16.0 Å². The van der Waals surface area contributed by atoms with Gasteiger partial charge in [0.25, 0.3) is 5.91 Å². The quantitative estimate of drug-likeness (QED) is 0.453. The second kappa shape index (κ2) is 9.24. The Morgan fingerprint density at radius 2 is 1.85 bits per heavy atom. The van der Waals surface area contributed by atoms with Gasteiger partial charge in [0.05, 0.1) is 34.4 Å². The Hall–Kier alpha value is -3.62. The first-order valence-corrected chi connectivity index (χ1v) is 11.8. The fourth-order valence-electron chi connectivity index (χ4n) is 4.81. The Labute approximate surface area is 219 Å². The minimum atomic E-state index is -4.87. The number of rotatable bonds is 4. The third-order valence-electron chi connectivity index (χ3n) is 6.77. The zero-order chi connectivity index (χ0) is 28.4. The Kier molecular flexibility index (Phi) is 6.39. The minimum absolute atomic E-state index is 0.225. The van der Waals surface area contributed by atoms with Crippen LogP contribution < -0.4 is 11.1 Å². The molecule has 2 aromatic heterocycles. The average Bonchev–Trinajstić information content (AvgIpc) is 3.40. The van der Waals surface area contributed by atoms with Crippen molar-refractivity contribution >= 4 is 34.7 Å². The van der Waals surface area contributed by atoms with E-state index in [4.69, 9.17) is 17.3 Å². The van der Waals surface area contributed by atoms with Crippen molar-refractivity contribution in [2.24, 2.45) is 5.92 Å². The van der Waals surface area contributed by atoms with Gasteiger partial charge in [0.15, 0.2) is 5.82 Å². The number of halogens is 8. The maximum absolute atomic E-state index is 14.8. The van der Waals surface area contributed by atoms with Crippen LogP contribution in [0.4, 0.5) is 36.6 Å². The number of amides is 2. The Balaban J connectivity index is 1.42. The summed E-state index contributed by atoms with van der Waals surface area (Å²) in [6.45, 7) is -0.756. The van der Waals surface area contributed by atoms with Gasteiger partial charge in [-0.25, -0.2) is 27.1 Å². The molecular formula is C23H18ClF7N6O2. The number of carbonyl (C=O) groups excluding carboxylic acids is 2. The predicted octanol–water partition coefficient (Wildman–Crippen LogP) is 4.11. The van der Waals surface area contributed by atoms with E-state index in [1.165, 1.54) is 0 Å². The van der Waals surface area contributed by atoms with Gasteiger partial charge in [-0.1, -0.05) is 11.6 Å². The molecule has 2 amide bonds. The standard InChI is InChI=1S/C23H18ClF7N6O2/c24-17-11(20(38)35-15-7-36(6-14(15)26)21(39)10-4-22(27,28)5-10)1-9(2-13(17)25)16-3-12(23(29,30)31)18-19(32)33-8-34-37(16)18/h1-3,8,10,14-15H,4-7H2,(H,35,38)(H2,32,33,34)/t14-,15+/m0/s1. The monoisotopic (exact) mass is 578 g/mol. The van der Waals surface area contributed by atoms with Gasteiger partial charge in [-0.15, -0.1) is 0 Å². The number of anilines is 1. The van der Waals surface area contributed by atoms with Gasteiger partial charge >= 0.3 is 6.18 Å². The summed E-state index contributed by atoms with van der Waals surface area (Å²) in [5.41, 5.74) is 2.82. The lowest BCUT2D eigenvalue weighted by atomic mass is 9.80. The number of likely N-dealkylation sites (tertiary alicyclic amines) is 1. The van der Waals surface area contributed by atoms with Gasteiger partial charge in [-0.3, -0.25) is 9.59 Å². The number of benzene rings is 1. The molecule has 2 atom stereocenters. The molecule has 1 saturated heterocycles. The summed E-state index contributed by atoms with van der Waals surface area (Å²) in [6, 6.07) is 1.19. The summed E-state index contributed by atoms with van der Waals surface area (Å²) in [7, 11) is 0. The Bertz CT molecular complexity index is 1490. The topological polar surface area (TPSA) is 106 Å². The molecule has 1 aliphatic heterocycles. The van der Waals surface area contributed by atoms with Crippen molar-refractivity contribution in [1.29, 1.82) is 0 Å². The molecular weight excluding hydrogens is 561 g/mol. The molecule has 2 fully saturated rings. The van der Waals surface area contributed by atoms with Crippen LogP contribution in [0.1, 0.15) is 28.8 Å². The molecule has 39 heavy (non-hydrogen) atoms. The van der Waals surface area contributed by atoms with E-state index in [1.54, 1.807) is 0 Å². The highest BCUT2D eigenvalue weighted by atomic mass is 35.5. The van der Waals surface area contributed by atoms with Crippen LogP contribution in [0.2, 0.25) is 5.02 Å². The van der Waals surface area contributed by atoms with Crippen molar-refractivity contribution in [2.45, 2.75) is 37.2 Å². The molecule has 0 bridgehead atoms. The van der Waals surface area contributed by atoms with Gasteiger partial charge in [0.2, 0.25) is 11.8 Å². The van der Waals surface area contributed by atoms with Gasteiger partial charge in [0, 0.05) is 30.9 Å². The lowest BCUT2D eigenvalue weighted by Gasteiger charge is -2.36. The maximum atomic E-state index is 14.8. The molecule has 2 aliphatic rings. The van der Waals surface area contributed by atoms with E-state index < -0.39 is 94.7 Å². The molecule has 0 spiro atoms. The number of fused-ring (bicyclic) bond motifs is 1. The van der Waals surface area contributed by atoms with Crippen LogP contribution in [0.5, 0.6) is 0 Å². The number of nitrogens with zero attached hydrogens (tertiary/aromatic N) is 4. The van der Waals surface area contributed by atoms with Crippen LogP contribution in [-0.4, -0.2) is 62.5 Å². The fraction of sp³-hybridized carbons (Fsp3) is 0.391. The first-order valence-electron chi connectivity index (χ1n) is 11.5. The fourth-order valence-corrected chi connectivity index (χ4v) is 5.01. The van der Waals surface area contributed by atoms with E-state index in [2.05, 4.69) is 15.4 Å². The van der Waals surface area contributed by atoms with Crippen LogP contribution >= 0.6 is 11.6 Å². The van der Waals surface area contributed by atoms with Crippen LogP contribution in [-0.2, 0) is 11.0 Å². The molecule has 3 N–H and O–H groups in total. The average molecular weight is 579 g/mol. The van der Waals surface area contributed by atoms with E-state index in [0.717, 1.165) is 27.9 Å². The summed E-state index contributed by atoms with van der Waals surface area (Å²) in [4.78, 5) is 30.0. The smallest absolute Gasteiger partial charge is 0.382 e. The molecule has 0 radical (unpaired) electrons. The molecule has 16 heteroatoms. The van der Waals surface area contributed by atoms with Gasteiger partial charge in [0.1, 0.15) is 23.8 Å². The number of nitrogen functional groups attached to an aromatic ring is 1. The molecule has 3 aromatic rings. The van der Waals surface area contributed by atoms with E-state index in [1.807, 2.05) is 0 Å². The second-order valence-electron chi connectivity index (χ2n) is 9.47. The van der Waals surface area contributed by atoms with Crippen LogP contribution in [0, 0.1) is 11.7 Å². The van der Waals surface area contributed by atoms with Gasteiger partial charge in [-0.05, 0) is 18.2 Å². The maximum Gasteiger partial charge on any atom is 0.418 e. The summed E-state index contributed by atoms with van der Waals surface area (Å²) in [6.07, 6.45) is -7.01. The van der Waals surface area contributed by atoms with E-state index in [0.29, 0.717) is 6.07 Å². The Morgan fingerprint density at radius 1 is 1.15 bits per heavy atom. The molecule has 8 nitrogen and oxygen atoms in total. The molecule has 1 aliphatic carbocycles. The molecule has 3 heterocycles. The van der Waals surface area contributed by atoms with E-state index >= 15 is 0 Å². The number of nitrogens with two attached hydrogens (primary N) is 1. The zero-order valence-corrected chi connectivity index (χ0v) is 20.3. The lowest BCUT2D eigenvalue weighted by molar-refractivity contribution is -0.159. The first-order chi connectivity index (χ1) is 18.2. The number of alkyl halides is 6. The molecule has 1 saturated carbocycles. The zero-order valence-electron chi connectivity index (χ0n) is 19.6. The van der Waals surface area contributed by atoms with Crippen molar-refractivity contribution in [3.05, 3.63) is 46.5 Å². The summed E-state index contributed by atoms with van der Waals surface area (Å²) in [5.74, 6) is -7.26. The van der Waals surface area contributed by atoms with Crippen molar-refractivity contribution in [2.75, 3.05) is 18.8 Å². The molecule has 1 aromatic carbocycles. The van der Waals surface area contributed by atoms with Crippen molar-refractivity contribution in [3.63, 3.8) is 0 Å². The number of carbonyl (C=O) groups is 2. The number of nitrogens with one attached hydrogen (secondary N) is 1. The lowest BCUT2D eigenvalue weighted by Crippen LogP contribution is -2.47. The van der Waals surface area contributed by atoms with E-state index in [-0.39, 0.29) is 17.8 Å².